The molecule has 1 amide bonds. The number of nitrogens with one attached hydrogen (secondary N) is 1. The van der Waals surface area contributed by atoms with Crippen LogP contribution in [0.25, 0.3) is 0 Å². The smallest absolute Gasteiger partial charge is 0.226 e. The summed E-state index contributed by atoms with van der Waals surface area (Å²) in [4.78, 5) is 14.2. The number of hydrogen-bond donors (Lipinski definition) is 1. The van der Waals surface area contributed by atoms with Crippen molar-refractivity contribution in [2.75, 3.05) is 26.7 Å². The predicted octanol–water partition coefficient (Wildman–Crippen LogP) is 2.76. The summed E-state index contributed by atoms with van der Waals surface area (Å²) in [6.07, 6.45) is 3.04. The molecular formula is C16H23BrN2O. The summed E-state index contributed by atoms with van der Waals surface area (Å²) in [6, 6.07) is 6.32. The number of benzene rings is 1. The SMILES string of the molecule is Cc1ccc(Br)cc1CCN(C)C(=O)C1CCCNC1. The van der Waals surface area contributed by atoms with Crippen molar-refractivity contribution in [2.45, 2.75) is 26.2 Å². The maximum Gasteiger partial charge on any atom is 0.226 e. The van der Waals surface area contributed by atoms with E-state index in [-0.39, 0.29) is 11.8 Å². The Kier molecular flexibility index (Phi) is 5.61. The van der Waals surface area contributed by atoms with Gasteiger partial charge in [-0.25, -0.2) is 0 Å². The van der Waals surface area contributed by atoms with Gasteiger partial charge in [-0.05, 0) is 56.0 Å². The highest BCUT2D eigenvalue weighted by Gasteiger charge is 2.23. The zero-order chi connectivity index (χ0) is 14.5. The summed E-state index contributed by atoms with van der Waals surface area (Å²) < 4.78 is 1.10. The lowest BCUT2D eigenvalue weighted by molar-refractivity contribution is -0.134. The fourth-order valence-corrected chi connectivity index (χ4v) is 3.09. The maximum absolute atomic E-state index is 12.3. The second kappa shape index (κ2) is 7.23. The van der Waals surface area contributed by atoms with Crippen LogP contribution in [0.3, 0.4) is 0 Å². The third-order valence-corrected chi connectivity index (χ3v) is 4.54. The minimum atomic E-state index is 0.164. The molecule has 1 fully saturated rings. The van der Waals surface area contributed by atoms with Crippen molar-refractivity contribution in [1.29, 1.82) is 0 Å². The van der Waals surface area contributed by atoms with Crippen LogP contribution in [0, 0.1) is 12.8 Å². The highest BCUT2D eigenvalue weighted by molar-refractivity contribution is 9.10. The Balaban J connectivity index is 1.89. The summed E-state index contributed by atoms with van der Waals surface area (Å²) in [5, 5.41) is 3.31. The zero-order valence-corrected chi connectivity index (χ0v) is 13.9. The number of carbonyl (C=O) groups excluding carboxylic acids is 1. The quantitative estimate of drug-likeness (QED) is 0.915. The number of halogens is 1. The Labute approximate surface area is 129 Å². The average molecular weight is 339 g/mol. The summed E-state index contributed by atoms with van der Waals surface area (Å²) in [6.45, 7) is 4.78. The van der Waals surface area contributed by atoms with Gasteiger partial charge >= 0.3 is 0 Å². The molecule has 1 aromatic carbocycles. The molecule has 1 unspecified atom stereocenters. The van der Waals surface area contributed by atoms with Crippen molar-refractivity contribution in [1.82, 2.24) is 10.2 Å². The lowest BCUT2D eigenvalue weighted by Gasteiger charge is -2.27. The van der Waals surface area contributed by atoms with E-state index < -0.39 is 0 Å². The van der Waals surface area contributed by atoms with Crippen LogP contribution in [-0.4, -0.2) is 37.5 Å². The minimum Gasteiger partial charge on any atom is -0.345 e. The van der Waals surface area contributed by atoms with Gasteiger partial charge in [0.15, 0.2) is 0 Å². The monoisotopic (exact) mass is 338 g/mol. The Morgan fingerprint density at radius 3 is 3.00 bits per heavy atom. The molecule has 1 atom stereocenters. The van der Waals surface area contributed by atoms with Gasteiger partial charge in [0.1, 0.15) is 0 Å². The number of aryl methyl sites for hydroxylation is 1. The summed E-state index contributed by atoms with van der Waals surface area (Å²) in [5.74, 6) is 0.446. The molecule has 0 bridgehead atoms. The number of carbonyl (C=O) groups is 1. The van der Waals surface area contributed by atoms with Crippen molar-refractivity contribution in [2.24, 2.45) is 5.92 Å². The van der Waals surface area contributed by atoms with E-state index in [0.717, 1.165) is 43.4 Å². The Morgan fingerprint density at radius 1 is 1.50 bits per heavy atom. The van der Waals surface area contributed by atoms with Crippen molar-refractivity contribution in [3.8, 4) is 0 Å². The molecule has 20 heavy (non-hydrogen) atoms. The average Bonchev–Trinajstić information content (AvgIpc) is 2.48. The van der Waals surface area contributed by atoms with E-state index in [9.17, 15) is 4.79 Å². The van der Waals surface area contributed by atoms with E-state index >= 15 is 0 Å². The number of rotatable bonds is 4. The fraction of sp³-hybridized carbons (Fsp3) is 0.562. The molecule has 1 aromatic rings. The summed E-state index contributed by atoms with van der Waals surface area (Å²) >= 11 is 3.51. The van der Waals surface area contributed by atoms with Gasteiger partial charge in [0.25, 0.3) is 0 Å². The van der Waals surface area contributed by atoms with Gasteiger partial charge in [-0.2, -0.15) is 0 Å². The highest BCUT2D eigenvalue weighted by Crippen LogP contribution is 2.17. The van der Waals surface area contributed by atoms with Gasteiger partial charge in [0.05, 0.1) is 5.92 Å². The first-order valence-corrected chi connectivity index (χ1v) is 8.08. The van der Waals surface area contributed by atoms with E-state index in [1.54, 1.807) is 0 Å². The second-order valence-corrected chi connectivity index (χ2v) is 6.54. The largest absolute Gasteiger partial charge is 0.345 e. The van der Waals surface area contributed by atoms with Gasteiger partial charge in [-0.3, -0.25) is 4.79 Å². The molecule has 4 heteroatoms. The van der Waals surface area contributed by atoms with Gasteiger partial charge < -0.3 is 10.2 Å². The molecule has 0 radical (unpaired) electrons. The van der Waals surface area contributed by atoms with E-state index in [1.807, 2.05) is 11.9 Å². The molecule has 1 aliphatic rings. The van der Waals surface area contributed by atoms with E-state index in [1.165, 1.54) is 11.1 Å². The number of piperidine rings is 1. The van der Waals surface area contributed by atoms with Crippen molar-refractivity contribution < 1.29 is 4.79 Å². The lowest BCUT2D eigenvalue weighted by Crippen LogP contribution is -2.42. The standard InChI is InChI=1S/C16H23BrN2O/c1-12-5-6-15(17)10-13(12)7-9-19(2)16(20)14-4-3-8-18-11-14/h5-6,10,14,18H,3-4,7-9,11H2,1-2H3. The van der Waals surface area contributed by atoms with Crippen LogP contribution in [0.15, 0.2) is 22.7 Å². The molecule has 1 heterocycles. The maximum atomic E-state index is 12.3. The first kappa shape index (κ1) is 15.5. The fourth-order valence-electron chi connectivity index (χ4n) is 2.68. The lowest BCUT2D eigenvalue weighted by atomic mass is 9.98. The number of amides is 1. The van der Waals surface area contributed by atoms with Crippen LogP contribution in [0.1, 0.15) is 24.0 Å². The molecule has 2 rings (SSSR count). The molecule has 0 aromatic heterocycles. The van der Waals surface area contributed by atoms with Gasteiger partial charge in [0.2, 0.25) is 5.91 Å². The van der Waals surface area contributed by atoms with Crippen LogP contribution in [0.5, 0.6) is 0 Å². The van der Waals surface area contributed by atoms with Crippen LogP contribution in [0.2, 0.25) is 0 Å². The zero-order valence-electron chi connectivity index (χ0n) is 12.3. The number of hydrogen-bond acceptors (Lipinski definition) is 2. The molecule has 0 aliphatic carbocycles. The van der Waals surface area contributed by atoms with Gasteiger partial charge in [0, 0.05) is 24.6 Å². The molecule has 1 N–H and O–H groups in total. The predicted molar refractivity (Wildman–Crippen MR) is 85.8 cm³/mol. The minimum absolute atomic E-state index is 0.164. The molecule has 0 spiro atoms. The molecule has 110 valence electrons. The van der Waals surface area contributed by atoms with Gasteiger partial charge in [-0.15, -0.1) is 0 Å². The van der Waals surface area contributed by atoms with Crippen molar-refractivity contribution in [3.05, 3.63) is 33.8 Å². The van der Waals surface area contributed by atoms with Crippen LogP contribution >= 0.6 is 15.9 Å². The van der Waals surface area contributed by atoms with E-state index in [4.69, 9.17) is 0 Å². The van der Waals surface area contributed by atoms with E-state index in [0.29, 0.717) is 0 Å². The second-order valence-electron chi connectivity index (χ2n) is 5.62. The van der Waals surface area contributed by atoms with Crippen LogP contribution in [-0.2, 0) is 11.2 Å². The molecule has 1 aliphatic heterocycles. The molecule has 1 saturated heterocycles. The third kappa shape index (κ3) is 4.06. The summed E-state index contributed by atoms with van der Waals surface area (Å²) in [5.41, 5.74) is 2.59. The molecular weight excluding hydrogens is 316 g/mol. The molecule has 0 saturated carbocycles. The van der Waals surface area contributed by atoms with E-state index in [2.05, 4.69) is 46.4 Å². The number of likely N-dealkylation sites (N-methyl/N-ethyl adjacent to an activating group) is 1. The summed E-state index contributed by atoms with van der Waals surface area (Å²) in [7, 11) is 1.92. The molecule has 3 nitrogen and oxygen atoms in total. The topological polar surface area (TPSA) is 32.3 Å². The van der Waals surface area contributed by atoms with Crippen LogP contribution < -0.4 is 5.32 Å². The Bertz CT molecular complexity index is 470. The Morgan fingerprint density at radius 2 is 2.30 bits per heavy atom. The number of nitrogens with zero attached hydrogens (tertiary/aromatic N) is 1. The Hall–Kier alpha value is -0.870. The van der Waals surface area contributed by atoms with Crippen LogP contribution in [0.4, 0.5) is 0 Å². The first-order chi connectivity index (χ1) is 9.58. The highest BCUT2D eigenvalue weighted by atomic mass is 79.9. The van der Waals surface area contributed by atoms with Crippen molar-refractivity contribution in [3.63, 3.8) is 0 Å². The third-order valence-electron chi connectivity index (χ3n) is 4.05. The van der Waals surface area contributed by atoms with Gasteiger partial charge in [-0.1, -0.05) is 22.0 Å². The van der Waals surface area contributed by atoms with Crippen molar-refractivity contribution >= 4 is 21.8 Å². The normalized spacial score (nSPS) is 18.9. The first-order valence-electron chi connectivity index (χ1n) is 7.28.